The van der Waals surface area contributed by atoms with Crippen molar-refractivity contribution in [1.82, 2.24) is 5.32 Å². The molecule has 0 saturated heterocycles. The quantitative estimate of drug-likeness (QED) is 0.306. The molecule has 3 aromatic rings. The number of amides is 1. The molecule has 0 aliphatic carbocycles. The molecule has 1 N–H and O–H groups in total. The first-order valence-corrected chi connectivity index (χ1v) is 13.9. The molecule has 0 unspecified atom stereocenters. The van der Waals surface area contributed by atoms with Crippen LogP contribution in [0.1, 0.15) is 36.5 Å². The van der Waals surface area contributed by atoms with E-state index < -0.39 is 10.0 Å². The highest BCUT2D eigenvalue weighted by Gasteiger charge is 2.27. The lowest BCUT2D eigenvalue weighted by atomic mass is 10.1. The van der Waals surface area contributed by atoms with Gasteiger partial charge >= 0.3 is 0 Å². The lowest BCUT2D eigenvalue weighted by molar-refractivity contribution is -0.119. The summed E-state index contributed by atoms with van der Waals surface area (Å²) in [6.07, 6.45) is 2.37. The van der Waals surface area contributed by atoms with E-state index in [2.05, 4.69) is 12.2 Å². The molecule has 0 saturated carbocycles. The van der Waals surface area contributed by atoms with Gasteiger partial charge in [0, 0.05) is 11.6 Å². The number of halogens is 1. The highest BCUT2D eigenvalue weighted by atomic mass is 35.5. The number of sulfonamides is 1. The summed E-state index contributed by atoms with van der Waals surface area (Å²) in [5.41, 5.74) is 3.50. The maximum absolute atomic E-state index is 13.5. The van der Waals surface area contributed by atoms with Gasteiger partial charge in [-0.25, -0.2) is 8.42 Å². The topological polar surface area (TPSA) is 75.7 Å². The molecule has 192 valence electrons. The van der Waals surface area contributed by atoms with Crippen LogP contribution in [0.3, 0.4) is 0 Å². The van der Waals surface area contributed by atoms with E-state index in [4.69, 9.17) is 16.3 Å². The molecule has 0 heterocycles. The Bertz CT molecular complexity index is 1280. The van der Waals surface area contributed by atoms with Crippen LogP contribution in [0.15, 0.2) is 71.6 Å². The van der Waals surface area contributed by atoms with Gasteiger partial charge in [-0.2, -0.15) is 0 Å². The molecule has 3 aromatic carbocycles. The Morgan fingerprint density at radius 2 is 1.72 bits per heavy atom. The molecule has 0 bridgehead atoms. The number of hydrogen-bond acceptors (Lipinski definition) is 4. The molecule has 1 amide bonds. The molecule has 0 radical (unpaired) electrons. The largest absolute Gasteiger partial charge is 0.493 e. The third-order valence-corrected chi connectivity index (χ3v) is 7.89. The molecular weight excluding hydrogens is 496 g/mol. The Balaban J connectivity index is 1.70. The minimum Gasteiger partial charge on any atom is -0.493 e. The van der Waals surface area contributed by atoms with E-state index in [0.717, 1.165) is 39.6 Å². The van der Waals surface area contributed by atoms with E-state index in [9.17, 15) is 13.2 Å². The number of hydrogen-bond donors (Lipinski definition) is 1. The molecule has 0 atom stereocenters. The molecule has 36 heavy (non-hydrogen) atoms. The number of nitrogens with one attached hydrogen (secondary N) is 1. The minimum atomic E-state index is -3.99. The summed E-state index contributed by atoms with van der Waals surface area (Å²) in [6.45, 7) is 6.67. The molecule has 0 aromatic heterocycles. The summed E-state index contributed by atoms with van der Waals surface area (Å²) in [7, 11) is -3.99. The first-order valence-electron chi connectivity index (χ1n) is 12.1. The van der Waals surface area contributed by atoms with Crippen LogP contribution in [0.4, 0.5) is 5.69 Å². The average molecular weight is 529 g/mol. The highest BCUT2D eigenvalue weighted by molar-refractivity contribution is 7.92. The van der Waals surface area contributed by atoms with Crippen molar-refractivity contribution in [1.29, 1.82) is 0 Å². The van der Waals surface area contributed by atoms with E-state index >= 15 is 0 Å². The lowest BCUT2D eigenvalue weighted by Gasteiger charge is -2.25. The van der Waals surface area contributed by atoms with Crippen LogP contribution in [-0.2, 0) is 21.2 Å². The summed E-state index contributed by atoms with van der Waals surface area (Å²) in [4.78, 5) is 12.9. The van der Waals surface area contributed by atoms with Crippen molar-refractivity contribution in [2.45, 2.75) is 44.9 Å². The average Bonchev–Trinajstić information content (AvgIpc) is 2.86. The van der Waals surface area contributed by atoms with Crippen LogP contribution in [0.25, 0.3) is 0 Å². The number of benzene rings is 3. The zero-order chi connectivity index (χ0) is 26.1. The molecule has 3 rings (SSSR count). The maximum atomic E-state index is 13.5. The summed E-state index contributed by atoms with van der Waals surface area (Å²) < 4.78 is 34.0. The van der Waals surface area contributed by atoms with Crippen LogP contribution in [0, 0.1) is 13.8 Å². The Morgan fingerprint density at radius 1 is 1.00 bits per heavy atom. The Morgan fingerprint density at radius 3 is 2.42 bits per heavy atom. The number of aryl methyl sites for hydroxylation is 3. The second-order valence-corrected chi connectivity index (χ2v) is 10.9. The van der Waals surface area contributed by atoms with Gasteiger partial charge in [0.15, 0.2) is 0 Å². The van der Waals surface area contributed by atoms with Crippen LogP contribution in [-0.4, -0.2) is 34.0 Å². The van der Waals surface area contributed by atoms with Crippen molar-refractivity contribution in [3.8, 4) is 5.75 Å². The summed E-state index contributed by atoms with van der Waals surface area (Å²) in [5.74, 6) is 0.488. The Kier molecular flexibility index (Phi) is 9.79. The van der Waals surface area contributed by atoms with E-state index in [0.29, 0.717) is 30.3 Å². The van der Waals surface area contributed by atoms with Crippen molar-refractivity contribution in [3.63, 3.8) is 0 Å². The van der Waals surface area contributed by atoms with Gasteiger partial charge in [0.05, 0.1) is 17.2 Å². The molecule has 0 aliphatic rings. The molecule has 8 heteroatoms. The molecule has 0 fully saturated rings. The number of carbonyl (C=O) groups excluding carboxylic acids is 1. The van der Waals surface area contributed by atoms with Crippen molar-refractivity contribution >= 4 is 33.2 Å². The molecule has 0 aliphatic heterocycles. The first kappa shape index (κ1) is 27.6. The van der Waals surface area contributed by atoms with Crippen molar-refractivity contribution in [2.24, 2.45) is 0 Å². The lowest BCUT2D eigenvalue weighted by Crippen LogP contribution is -2.41. The highest BCUT2D eigenvalue weighted by Crippen LogP contribution is 2.26. The van der Waals surface area contributed by atoms with Gasteiger partial charge in [-0.1, -0.05) is 42.8 Å². The third kappa shape index (κ3) is 7.24. The van der Waals surface area contributed by atoms with E-state index in [-0.39, 0.29) is 17.3 Å². The second kappa shape index (κ2) is 12.8. The Hall–Kier alpha value is -3.03. The summed E-state index contributed by atoms with van der Waals surface area (Å²) in [5, 5.41) is 3.30. The number of ether oxygens (including phenoxy) is 1. The monoisotopic (exact) mass is 528 g/mol. The van der Waals surface area contributed by atoms with Crippen LogP contribution in [0.5, 0.6) is 5.75 Å². The van der Waals surface area contributed by atoms with Gasteiger partial charge in [-0.15, -0.1) is 0 Å². The van der Waals surface area contributed by atoms with Crippen molar-refractivity contribution in [2.75, 3.05) is 24.0 Å². The summed E-state index contributed by atoms with van der Waals surface area (Å²) in [6, 6.07) is 19.2. The van der Waals surface area contributed by atoms with E-state index in [1.54, 1.807) is 12.1 Å². The minimum absolute atomic E-state index is 0.0709. The van der Waals surface area contributed by atoms with Gasteiger partial charge in [-0.05, 0) is 92.3 Å². The zero-order valence-electron chi connectivity index (χ0n) is 21.0. The SMILES string of the molecule is CCCOc1ccccc1CCCNC(=O)CN(c1ccc(C)c(C)c1)S(=O)(=O)c1ccc(Cl)cc1. The maximum Gasteiger partial charge on any atom is 0.264 e. The molecular formula is C28H33ClN2O4S. The van der Waals surface area contributed by atoms with E-state index in [1.165, 1.54) is 24.3 Å². The van der Waals surface area contributed by atoms with Crippen LogP contribution >= 0.6 is 11.6 Å². The van der Waals surface area contributed by atoms with Gasteiger partial charge in [0.1, 0.15) is 12.3 Å². The number of anilines is 1. The van der Waals surface area contributed by atoms with Crippen molar-refractivity contribution < 1.29 is 17.9 Å². The molecule has 0 spiro atoms. The summed E-state index contributed by atoms with van der Waals surface area (Å²) >= 11 is 5.95. The number of para-hydroxylation sites is 1. The standard InChI is InChI=1S/C28H33ClN2O4S/c1-4-18-35-27-10-6-5-8-23(27)9-7-17-30-28(32)20-31(25-14-11-21(2)22(3)19-25)36(33,34)26-15-12-24(29)13-16-26/h5-6,8,10-16,19H,4,7,9,17-18,20H2,1-3H3,(H,30,32). The van der Waals surface area contributed by atoms with Crippen LogP contribution < -0.4 is 14.4 Å². The Labute approximate surface area is 219 Å². The fourth-order valence-electron chi connectivity index (χ4n) is 3.69. The zero-order valence-corrected chi connectivity index (χ0v) is 22.5. The number of carbonyl (C=O) groups is 1. The molecule has 6 nitrogen and oxygen atoms in total. The fraction of sp³-hybridized carbons (Fsp3) is 0.321. The predicted molar refractivity (Wildman–Crippen MR) is 145 cm³/mol. The van der Waals surface area contributed by atoms with Gasteiger partial charge in [0.25, 0.3) is 10.0 Å². The smallest absolute Gasteiger partial charge is 0.264 e. The van der Waals surface area contributed by atoms with Crippen LogP contribution in [0.2, 0.25) is 5.02 Å². The number of rotatable bonds is 12. The predicted octanol–water partition coefficient (Wildman–Crippen LogP) is 5.69. The fourth-order valence-corrected chi connectivity index (χ4v) is 5.22. The number of nitrogens with zero attached hydrogens (tertiary/aromatic N) is 1. The van der Waals surface area contributed by atoms with Crippen molar-refractivity contribution in [3.05, 3.63) is 88.4 Å². The van der Waals surface area contributed by atoms with Gasteiger partial charge in [0.2, 0.25) is 5.91 Å². The van der Waals surface area contributed by atoms with Gasteiger partial charge < -0.3 is 10.1 Å². The second-order valence-electron chi connectivity index (χ2n) is 8.64. The third-order valence-electron chi connectivity index (χ3n) is 5.85. The van der Waals surface area contributed by atoms with Gasteiger partial charge in [-0.3, -0.25) is 9.10 Å². The first-order chi connectivity index (χ1) is 17.2. The van der Waals surface area contributed by atoms with E-state index in [1.807, 2.05) is 44.2 Å². The normalized spacial score (nSPS) is 11.2.